The summed E-state index contributed by atoms with van der Waals surface area (Å²) >= 11 is 0. The summed E-state index contributed by atoms with van der Waals surface area (Å²) in [6.45, 7) is 0. The molecule has 0 radical (unpaired) electrons. The van der Waals surface area contributed by atoms with Gasteiger partial charge >= 0.3 is 0 Å². The second-order valence-corrected chi connectivity index (χ2v) is 8.63. The highest BCUT2D eigenvalue weighted by Crippen LogP contribution is 2.46. The quantitative estimate of drug-likeness (QED) is 0.383. The zero-order valence-electron chi connectivity index (χ0n) is 15.4. The molecule has 2 heteroatoms. The molecule has 4 aliphatic carbocycles. The van der Waals surface area contributed by atoms with E-state index in [0.717, 1.165) is 0 Å². The van der Waals surface area contributed by atoms with Crippen molar-refractivity contribution in [3.8, 4) is 0 Å². The van der Waals surface area contributed by atoms with Gasteiger partial charge in [0.2, 0.25) is 0 Å². The molecular weight excluding hydrogens is 292 g/mol. The molecule has 0 aromatic rings. The van der Waals surface area contributed by atoms with Crippen LogP contribution in [0.2, 0.25) is 0 Å². The van der Waals surface area contributed by atoms with Crippen LogP contribution in [0.3, 0.4) is 0 Å². The van der Waals surface area contributed by atoms with Gasteiger partial charge in [0.05, 0.1) is 0 Å². The van der Waals surface area contributed by atoms with Crippen LogP contribution in [0, 0.1) is 0 Å². The van der Waals surface area contributed by atoms with E-state index in [1.165, 1.54) is 103 Å². The zero-order valence-corrected chi connectivity index (χ0v) is 15.4. The number of rotatable bonds is 2. The number of nitrogens with zero attached hydrogens (tertiary/aromatic N) is 2. The van der Waals surface area contributed by atoms with Gasteiger partial charge in [-0.25, -0.2) is 0 Å². The number of fused-ring (bicyclic) bond motifs is 2. The van der Waals surface area contributed by atoms with E-state index in [-0.39, 0.29) is 11.1 Å². The molecule has 2 unspecified atom stereocenters. The van der Waals surface area contributed by atoms with Crippen molar-refractivity contribution >= 4 is 0 Å². The first-order chi connectivity index (χ1) is 11.8. The van der Waals surface area contributed by atoms with Gasteiger partial charge in [-0.15, -0.1) is 0 Å². The van der Waals surface area contributed by atoms with Gasteiger partial charge < -0.3 is 0 Å². The second kappa shape index (κ2) is 7.14. The van der Waals surface area contributed by atoms with Crippen molar-refractivity contribution in [2.75, 3.05) is 0 Å². The molecule has 4 rings (SSSR count). The Labute approximate surface area is 147 Å². The van der Waals surface area contributed by atoms with Crippen LogP contribution in [0.4, 0.5) is 0 Å². The molecule has 0 N–H and O–H groups in total. The van der Waals surface area contributed by atoms with E-state index < -0.39 is 0 Å². The van der Waals surface area contributed by atoms with Gasteiger partial charge in [0.1, 0.15) is 11.1 Å². The summed E-state index contributed by atoms with van der Waals surface area (Å²) in [5.41, 5.74) is 3.44. The fourth-order valence-electron chi connectivity index (χ4n) is 5.62. The summed E-state index contributed by atoms with van der Waals surface area (Å²) in [6, 6.07) is 0. The standard InChI is InChI=1S/C22H34N2/c1-3-11-19-13-5-9-17-21(19,15-7-1)23-24-22-16-8-2-4-12-20(22)14-6-10-18-22/h13-14H,1-12,15-18H2. The van der Waals surface area contributed by atoms with Crippen molar-refractivity contribution < 1.29 is 0 Å². The third-order valence-corrected chi connectivity index (χ3v) is 7.07. The summed E-state index contributed by atoms with van der Waals surface area (Å²) in [6.07, 6.45) is 25.9. The van der Waals surface area contributed by atoms with E-state index in [1.807, 2.05) is 0 Å². The molecule has 24 heavy (non-hydrogen) atoms. The van der Waals surface area contributed by atoms with Gasteiger partial charge in [-0.2, -0.15) is 10.2 Å². The molecule has 0 spiro atoms. The first-order valence-electron chi connectivity index (χ1n) is 10.7. The van der Waals surface area contributed by atoms with Crippen LogP contribution in [0.25, 0.3) is 0 Å². The Hall–Kier alpha value is -0.920. The summed E-state index contributed by atoms with van der Waals surface area (Å²) < 4.78 is 0. The van der Waals surface area contributed by atoms with Crippen molar-refractivity contribution in [2.24, 2.45) is 10.2 Å². The van der Waals surface area contributed by atoms with Crippen molar-refractivity contribution in [1.82, 2.24) is 0 Å². The summed E-state index contributed by atoms with van der Waals surface area (Å²) in [5, 5.41) is 10.5. The molecule has 0 heterocycles. The molecule has 0 saturated heterocycles. The Balaban J connectivity index is 1.66. The highest BCUT2D eigenvalue weighted by molar-refractivity contribution is 5.27. The molecule has 0 amide bonds. The minimum atomic E-state index is 0.0817. The van der Waals surface area contributed by atoms with Crippen molar-refractivity contribution in [1.29, 1.82) is 0 Å². The molecule has 0 aliphatic heterocycles. The lowest BCUT2D eigenvalue weighted by Crippen LogP contribution is -2.34. The molecule has 4 aliphatic rings. The number of allylic oxidation sites excluding steroid dienone is 2. The minimum Gasteiger partial charge on any atom is -0.182 e. The molecule has 2 nitrogen and oxygen atoms in total. The van der Waals surface area contributed by atoms with Crippen LogP contribution in [-0.4, -0.2) is 11.1 Å². The van der Waals surface area contributed by atoms with E-state index >= 15 is 0 Å². The Kier molecular flexibility index (Phi) is 4.92. The van der Waals surface area contributed by atoms with E-state index in [4.69, 9.17) is 10.2 Å². The molecule has 2 fully saturated rings. The Morgan fingerprint density at radius 2 is 1.00 bits per heavy atom. The van der Waals surface area contributed by atoms with E-state index in [9.17, 15) is 0 Å². The molecule has 132 valence electrons. The third kappa shape index (κ3) is 3.13. The summed E-state index contributed by atoms with van der Waals surface area (Å²) in [7, 11) is 0. The van der Waals surface area contributed by atoms with Crippen LogP contribution >= 0.6 is 0 Å². The lowest BCUT2D eigenvalue weighted by atomic mass is 9.76. The second-order valence-electron chi connectivity index (χ2n) is 8.63. The molecule has 0 aromatic heterocycles. The Morgan fingerprint density at radius 3 is 1.50 bits per heavy atom. The SMILES string of the molecule is C1=C2CCCCCC2(N=NC23CCCC=C2CCCCC3)CCC1. The normalized spacial score (nSPS) is 37.7. The number of hydrogen-bond acceptors (Lipinski definition) is 2. The molecule has 0 aromatic carbocycles. The molecular formula is C22H34N2. The minimum absolute atomic E-state index is 0.0817. The number of hydrogen-bond donors (Lipinski definition) is 0. The Bertz CT molecular complexity index is 496. The third-order valence-electron chi connectivity index (χ3n) is 7.07. The zero-order chi connectivity index (χ0) is 16.3. The first-order valence-corrected chi connectivity index (χ1v) is 10.7. The van der Waals surface area contributed by atoms with Gasteiger partial charge in [0, 0.05) is 0 Å². The van der Waals surface area contributed by atoms with Crippen LogP contribution < -0.4 is 0 Å². The largest absolute Gasteiger partial charge is 0.182 e. The highest BCUT2D eigenvalue weighted by atomic mass is 15.2. The molecule has 2 atom stereocenters. The summed E-state index contributed by atoms with van der Waals surface area (Å²) in [5.74, 6) is 0. The maximum absolute atomic E-state index is 5.25. The monoisotopic (exact) mass is 326 g/mol. The van der Waals surface area contributed by atoms with Crippen molar-refractivity contribution in [3.05, 3.63) is 23.3 Å². The van der Waals surface area contributed by atoms with Gasteiger partial charge in [0.25, 0.3) is 0 Å². The fraction of sp³-hybridized carbons (Fsp3) is 0.818. The molecule has 2 saturated carbocycles. The van der Waals surface area contributed by atoms with Crippen LogP contribution in [0.1, 0.15) is 103 Å². The van der Waals surface area contributed by atoms with E-state index in [1.54, 1.807) is 11.1 Å². The predicted octanol–water partition coefficient (Wildman–Crippen LogP) is 7.07. The maximum atomic E-state index is 5.25. The topological polar surface area (TPSA) is 24.7 Å². The van der Waals surface area contributed by atoms with Crippen molar-refractivity contribution in [3.63, 3.8) is 0 Å². The average Bonchev–Trinajstić information content (AvgIpc) is 2.97. The van der Waals surface area contributed by atoms with Gasteiger partial charge in [-0.1, -0.05) is 37.8 Å². The summed E-state index contributed by atoms with van der Waals surface area (Å²) in [4.78, 5) is 0. The molecule has 0 bridgehead atoms. The van der Waals surface area contributed by atoms with Gasteiger partial charge in [-0.3, -0.25) is 0 Å². The van der Waals surface area contributed by atoms with Crippen LogP contribution in [0.5, 0.6) is 0 Å². The lowest BCUT2D eigenvalue weighted by molar-refractivity contribution is 0.324. The van der Waals surface area contributed by atoms with Gasteiger partial charge in [0.15, 0.2) is 0 Å². The maximum Gasteiger partial charge on any atom is 0.102 e. The average molecular weight is 327 g/mol. The highest BCUT2D eigenvalue weighted by Gasteiger charge is 2.40. The smallest absolute Gasteiger partial charge is 0.102 e. The van der Waals surface area contributed by atoms with Crippen LogP contribution in [-0.2, 0) is 0 Å². The fourth-order valence-corrected chi connectivity index (χ4v) is 5.62. The van der Waals surface area contributed by atoms with Crippen LogP contribution in [0.15, 0.2) is 33.5 Å². The van der Waals surface area contributed by atoms with Gasteiger partial charge in [-0.05, 0) is 88.2 Å². The number of azo groups is 1. The lowest BCUT2D eigenvalue weighted by Gasteiger charge is -2.37. The first kappa shape index (κ1) is 16.5. The predicted molar refractivity (Wildman–Crippen MR) is 100 cm³/mol. The Morgan fingerprint density at radius 1 is 0.542 bits per heavy atom. The van der Waals surface area contributed by atoms with Crippen molar-refractivity contribution in [2.45, 2.75) is 114 Å². The van der Waals surface area contributed by atoms with E-state index in [2.05, 4.69) is 12.2 Å². The van der Waals surface area contributed by atoms with E-state index in [0.29, 0.717) is 0 Å².